The minimum atomic E-state index is -5.69. The number of hydrogen-bond donors (Lipinski definition) is 2. The van der Waals surface area contributed by atoms with Crippen LogP contribution in [0.25, 0.3) is 0 Å². The van der Waals surface area contributed by atoms with Crippen molar-refractivity contribution in [2.45, 2.75) is 0 Å². The molecule has 0 aromatic heterocycles. The fourth-order valence-electron chi connectivity index (χ4n) is 0.263. The summed E-state index contributed by atoms with van der Waals surface area (Å²) in [5, 5.41) is 7.69. The minimum absolute atomic E-state index is 0. The van der Waals surface area contributed by atoms with E-state index >= 15 is 0 Å². The Labute approximate surface area is 156 Å². The maximum Gasteiger partial charge on any atom is 1.00 e. The number of rotatable bonds is 5. The molecule has 0 fully saturated rings. The van der Waals surface area contributed by atoms with Crippen molar-refractivity contribution in [2.75, 3.05) is 0 Å². The molecule has 0 bridgehead atoms. The van der Waals surface area contributed by atoms with Gasteiger partial charge >= 0.3 is 80.9 Å². The van der Waals surface area contributed by atoms with Gasteiger partial charge in [-0.25, -0.2) is 26.3 Å². The Morgan fingerprint density at radius 1 is 1.00 bits per heavy atom. The molecule has 0 unspecified atom stereocenters. The van der Waals surface area contributed by atoms with Gasteiger partial charge in [-0.15, -0.1) is 4.33 Å². The van der Waals surface area contributed by atoms with E-state index in [4.69, 9.17) is 5.26 Å². The second-order valence-electron chi connectivity index (χ2n) is 1.49. The topological polar surface area (TPSA) is 179 Å². The van der Waals surface area contributed by atoms with E-state index in [-0.39, 0.29) is 80.9 Å². The van der Waals surface area contributed by atoms with E-state index in [1.807, 2.05) is 0 Å². The first-order valence-corrected chi connectivity index (χ1v) is 6.37. The molecule has 11 nitrogen and oxygen atoms in total. The molecule has 0 aliphatic carbocycles. The van der Waals surface area contributed by atoms with Crippen LogP contribution in [-0.4, -0.2) is 35.4 Å². The first-order chi connectivity index (χ1) is 5.97. The Morgan fingerprint density at radius 2 is 1.25 bits per heavy atom. The summed E-state index contributed by atoms with van der Waals surface area (Å²) in [4.78, 5) is 0. The van der Waals surface area contributed by atoms with E-state index in [0.29, 0.717) is 0 Å². The fourth-order valence-corrected chi connectivity index (χ4v) is 2.59. The van der Waals surface area contributed by atoms with Crippen LogP contribution in [0.2, 0.25) is 0 Å². The van der Waals surface area contributed by atoms with E-state index < -0.39 is 31.6 Å². The van der Waals surface area contributed by atoms with Gasteiger partial charge in [0.05, 0.1) is 0 Å². The van der Waals surface area contributed by atoms with Crippen LogP contribution in [0.1, 0.15) is 0 Å². The SMILES string of the molecule is O=S(=O)([O-])O[SH](=O)(OO)OS(=O)(=O)[O-].[K+].[Na+]. The molecule has 16 heteroatoms. The molecule has 16 heavy (non-hydrogen) atoms. The Bertz CT molecular complexity index is 392. The van der Waals surface area contributed by atoms with Gasteiger partial charge in [-0.2, -0.15) is 7.26 Å². The van der Waals surface area contributed by atoms with Gasteiger partial charge in [0.2, 0.25) is 31.6 Å². The first kappa shape index (κ1) is 23.5. The van der Waals surface area contributed by atoms with Crippen LogP contribution < -0.4 is 80.9 Å². The summed E-state index contributed by atoms with van der Waals surface area (Å²) in [6.07, 6.45) is 0. The molecule has 0 radical (unpaired) electrons. The normalized spacial score (nSPS) is 13.4. The molecular weight excluding hydrogens is 334 g/mol. The van der Waals surface area contributed by atoms with Gasteiger partial charge < -0.3 is 9.11 Å². The molecule has 0 heterocycles. The van der Waals surface area contributed by atoms with Crippen molar-refractivity contribution in [3.63, 3.8) is 0 Å². The van der Waals surface area contributed by atoms with Crippen molar-refractivity contribution < 1.29 is 128 Å². The zero-order valence-electron chi connectivity index (χ0n) is 7.79. The zero-order chi connectivity index (χ0) is 11.6. The van der Waals surface area contributed by atoms with Crippen molar-refractivity contribution >= 4 is 31.6 Å². The van der Waals surface area contributed by atoms with E-state index in [9.17, 15) is 30.1 Å². The van der Waals surface area contributed by atoms with Gasteiger partial charge in [-0.05, 0) is 0 Å². The summed E-state index contributed by atoms with van der Waals surface area (Å²) >= 11 is 0. The standard InChI is InChI=1S/K.Na.H4O11S3/c;;1-9-14(8,10-12(2,3)4)11-13(5,6)7/h;;1,14H,(H,2,3,4)(H,5,6,7)/q2*+1;/p-2. The summed E-state index contributed by atoms with van der Waals surface area (Å²) in [7, 11) is -17.1. The molecule has 0 saturated carbocycles. The molecule has 1 N–H and O–H groups in total. The van der Waals surface area contributed by atoms with E-state index in [2.05, 4.69) is 11.6 Å². The molecule has 0 aliphatic rings. The zero-order valence-corrected chi connectivity index (χ0v) is 15.4. The minimum Gasteiger partial charge on any atom is -0.725 e. The van der Waals surface area contributed by atoms with Gasteiger partial charge in [0.15, 0.2) is 0 Å². The van der Waals surface area contributed by atoms with Crippen LogP contribution in [0.3, 0.4) is 0 Å². The van der Waals surface area contributed by atoms with E-state index in [0.717, 1.165) is 0 Å². The average molecular weight is 336 g/mol. The molecular formula is H2KNaO11S3. The van der Waals surface area contributed by atoms with Crippen molar-refractivity contribution in [1.29, 1.82) is 0 Å². The van der Waals surface area contributed by atoms with Crippen LogP contribution in [0.15, 0.2) is 0 Å². The molecule has 0 spiro atoms. The molecule has 0 aromatic carbocycles. The van der Waals surface area contributed by atoms with Crippen LogP contribution >= 0.6 is 0 Å². The van der Waals surface area contributed by atoms with Gasteiger partial charge in [0.25, 0.3) is 0 Å². The van der Waals surface area contributed by atoms with Crippen LogP contribution in [0, 0.1) is 0 Å². The molecule has 0 aromatic rings. The Morgan fingerprint density at radius 3 is 1.38 bits per heavy atom. The summed E-state index contributed by atoms with van der Waals surface area (Å²) < 4.78 is 77.5. The van der Waals surface area contributed by atoms with Crippen molar-refractivity contribution in [3.8, 4) is 0 Å². The van der Waals surface area contributed by atoms with Crippen LogP contribution in [-0.2, 0) is 43.2 Å². The average Bonchev–Trinajstić information content (AvgIpc) is 1.78. The quantitative estimate of drug-likeness (QED) is 0.121. The third-order valence-electron chi connectivity index (χ3n) is 0.465. The predicted octanol–water partition coefficient (Wildman–Crippen LogP) is -8.80. The van der Waals surface area contributed by atoms with Gasteiger partial charge in [0, 0.05) is 0 Å². The summed E-state index contributed by atoms with van der Waals surface area (Å²) in [6.45, 7) is 0. The summed E-state index contributed by atoms with van der Waals surface area (Å²) in [5.41, 5.74) is 0. The second kappa shape index (κ2) is 8.58. The number of hydrogen-bond acceptors (Lipinski definition) is 11. The molecule has 88 valence electrons. The summed E-state index contributed by atoms with van der Waals surface area (Å²) in [5.74, 6) is 0. The Hall–Kier alpha value is 2.45. The van der Waals surface area contributed by atoms with Gasteiger partial charge in [-0.3, -0.25) is 0 Å². The van der Waals surface area contributed by atoms with E-state index in [1.54, 1.807) is 0 Å². The van der Waals surface area contributed by atoms with Crippen molar-refractivity contribution in [1.82, 2.24) is 0 Å². The third kappa shape index (κ3) is 12.9. The Balaban J connectivity index is -0.000000845. The predicted molar refractivity (Wildman–Crippen MR) is 34.8 cm³/mol. The molecule has 0 aliphatic heterocycles. The van der Waals surface area contributed by atoms with Gasteiger partial charge in [0.1, 0.15) is 0 Å². The Kier molecular flexibility index (Phi) is 12.6. The third-order valence-corrected chi connectivity index (χ3v) is 3.59. The largest absolute Gasteiger partial charge is 1.00 e. The molecule has 0 rings (SSSR count). The summed E-state index contributed by atoms with van der Waals surface area (Å²) in [6, 6.07) is 0. The van der Waals surface area contributed by atoms with Crippen LogP contribution in [0.4, 0.5) is 0 Å². The second-order valence-corrected chi connectivity index (χ2v) is 5.38. The monoisotopic (exact) mass is 336 g/mol. The molecule has 0 atom stereocenters. The molecule has 0 saturated heterocycles. The fraction of sp³-hybridized carbons (Fsp3) is 0. The van der Waals surface area contributed by atoms with Crippen molar-refractivity contribution in [2.24, 2.45) is 0 Å². The maximum absolute atomic E-state index is 10.5. The van der Waals surface area contributed by atoms with E-state index in [1.165, 1.54) is 0 Å². The smallest absolute Gasteiger partial charge is 0.725 e. The first-order valence-electron chi connectivity index (χ1n) is 2.25. The van der Waals surface area contributed by atoms with Crippen molar-refractivity contribution in [3.05, 3.63) is 0 Å². The molecule has 0 amide bonds. The maximum atomic E-state index is 10.5. The van der Waals surface area contributed by atoms with Gasteiger partial charge in [-0.1, -0.05) is 0 Å². The number of thiol groups is 1. The van der Waals surface area contributed by atoms with Crippen LogP contribution in [0.5, 0.6) is 0 Å².